The molecule has 0 saturated heterocycles. The van der Waals surface area contributed by atoms with Crippen molar-refractivity contribution < 1.29 is 9.53 Å². The second-order valence-corrected chi connectivity index (χ2v) is 8.67. The standard InChI is InChI=1S/C21H19BrN4O2S/c1-4-29-21-23-19-18(24-25-21)15-11-12(2)9-10-17(15)26(13(3)27)20(28-19)14-7-5-6-8-16(14)22/h5-11,20H,4H2,1-3H3/t20-/m0/s1. The fourth-order valence-electron chi connectivity index (χ4n) is 3.29. The quantitative estimate of drug-likeness (QED) is 0.492. The van der Waals surface area contributed by atoms with E-state index in [2.05, 4.69) is 31.1 Å². The molecular weight excluding hydrogens is 452 g/mol. The average molecular weight is 471 g/mol. The molecule has 0 aliphatic carbocycles. The first kappa shape index (κ1) is 19.8. The largest absolute Gasteiger partial charge is 0.447 e. The summed E-state index contributed by atoms with van der Waals surface area (Å²) >= 11 is 5.09. The fraction of sp³-hybridized carbons (Fsp3) is 0.238. The zero-order valence-electron chi connectivity index (χ0n) is 16.2. The minimum Gasteiger partial charge on any atom is -0.447 e. The zero-order chi connectivity index (χ0) is 20.5. The van der Waals surface area contributed by atoms with Crippen LogP contribution in [-0.4, -0.2) is 26.8 Å². The van der Waals surface area contributed by atoms with Gasteiger partial charge in [0.2, 0.25) is 23.2 Å². The van der Waals surface area contributed by atoms with Crippen LogP contribution in [0.1, 0.15) is 31.2 Å². The Kier molecular flexibility index (Phi) is 5.56. The Morgan fingerprint density at radius 1 is 1.24 bits per heavy atom. The number of rotatable bonds is 3. The van der Waals surface area contributed by atoms with E-state index in [1.54, 1.807) is 4.90 Å². The number of nitrogens with zero attached hydrogens (tertiary/aromatic N) is 4. The number of thioether (sulfide) groups is 1. The highest BCUT2D eigenvalue weighted by molar-refractivity contribution is 9.10. The van der Waals surface area contributed by atoms with Gasteiger partial charge in [-0.05, 0) is 30.9 Å². The number of halogens is 1. The molecule has 1 aliphatic heterocycles. The van der Waals surface area contributed by atoms with Gasteiger partial charge < -0.3 is 4.74 Å². The molecule has 3 aromatic rings. The minimum atomic E-state index is -0.693. The van der Waals surface area contributed by atoms with Gasteiger partial charge in [-0.1, -0.05) is 64.4 Å². The van der Waals surface area contributed by atoms with Crippen LogP contribution >= 0.6 is 27.7 Å². The second-order valence-electron chi connectivity index (χ2n) is 6.58. The van der Waals surface area contributed by atoms with E-state index in [4.69, 9.17) is 4.74 Å². The molecule has 148 valence electrons. The molecule has 0 N–H and O–H groups in total. The van der Waals surface area contributed by atoms with Crippen LogP contribution in [0.5, 0.6) is 5.88 Å². The summed E-state index contributed by atoms with van der Waals surface area (Å²) in [5, 5.41) is 9.21. The van der Waals surface area contributed by atoms with Gasteiger partial charge >= 0.3 is 0 Å². The third-order valence-electron chi connectivity index (χ3n) is 4.54. The summed E-state index contributed by atoms with van der Waals surface area (Å²) in [5.41, 5.74) is 3.90. The predicted octanol–water partition coefficient (Wildman–Crippen LogP) is 5.17. The number of aromatic nitrogens is 3. The lowest BCUT2D eigenvalue weighted by Gasteiger charge is -2.30. The number of benzene rings is 2. The lowest BCUT2D eigenvalue weighted by atomic mass is 10.0. The summed E-state index contributed by atoms with van der Waals surface area (Å²) < 4.78 is 7.20. The maximum absolute atomic E-state index is 12.8. The predicted molar refractivity (Wildman–Crippen MR) is 117 cm³/mol. The molecule has 0 bridgehead atoms. The third kappa shape index (κ3) is 3.74. The smallest absolute Gasteiger partial charge is 0.247 e. The van der Waals surface area contributed by atoms with Gasteiger partial charge in [-0.2, -0.15) is 4.98 Å². The van der Waals surface area contributed by atoms with Gasteiger partial charge in [0, 0.05) is 22.5 Å². The summed E-state index contributed by atoms with van der Waals surface area (Å²) in [6.45, 7) is 5.56. The van der Waals surface area contributed by atoms with E-state index < -0.39 is 6.23 Å². The molecule has 1 amide bonds. The molecule has 2 aromatic carbocycles. The van der Waals surface area contributed by atoms with Crippen molar-refractivity contribution in [3.05, 3.63) is 58.1 Å². The number of ether oxygens (including phenoxy) is 1. The van der Waals surface area contributed by atoms with Gasteiger partial charge in [0.1, 0.15) is 0 Å². The normalized spacial score (nSPS) is 15.2. The third-order valence-corrected chi connectivity index (χ3v) is 5.99. The maximum atomic E-state index is 12.8. The van der Waals surface area contributed by atoms with Crippen LogP contribution in [0.25, 0.3) is 11.3 Å². The Labute approximate surface area is 181 Å². The molecule has 0 spiro atoms. The van der Waals surface area contributed by atoms with Crippen LogP contribution in [0.3, 0.4) is 0 Å². The van der Waals surface area contributed by atoms with Crippen LogP contribution in [0, 0.1) is 6.92 Å². The van der Waals surface area contributed by atoms with Gasteiger partial charge in [0.15, 0.2) is 5.69 Å². The number of carbonyl (C=O) groups excluding carboxylic acids is 1. The van der Waals surface area contributed by atoms with Gasteiger partial charge in [0.05, 0.1) is 5.69 Å². The summed E-state index contributed by atoms with van der Waals surface area (Å²) in [7, 11) is 0. The van der Waals surface area contributed by atoms with E-state index in [1.807, 2.05) is 56.3 Å². The van der Waals surface area contributed by atoms with Crippen molar-refractivity contribution in [3.8, 4) is 17.1 Å². The lowest BCUT2D eigenvalue weighted by molar-refractivity contribution is -0.118. The van der Waals surface area contributed by atoms with Crippen molar-refractivity contribution in [2.45, 2.75) is 32.2 Å². The first-order valence-electron chi connectivity index (χ1n) is 9.19. The number of carbonyl (C=O) groups is 1. The van der Waals surface area contributed by atoms with Crippen molar-refractivity contribution in [1.29, 1.82) is 0 Å². The number of aryl methyl sites for hydroxylation is 1. The van der Waals surface area contributed by atoms with Crippen molar-refractivity contribution in [2.24, 2.45) is 0 Å². The van der Waals surface area contributed by atoms with Gasteiger partial charge in [-0.3, -0.25) is 9.69 Å². The van der Waals surface area contributed by atoms with E-state index in [0.717, 1.165) is 32.6 Å². The molecular formula is C21H19BrN4O2S. The number of fused-ring (bicyclic) bond motifs is 3. The van der Waals surface area contributed by atoms with E-state index >= 15 is 0 Å². The summed E-state index contributed by atoms with van der Waals surface area (Å²) in [6, 6.07) is 13.6. The molecule has 0 saturated carbocycles. The van der Waals surface area contributed by atoms with Crippen molar-refractivity contribution in [1.82, 2.24) is 15.2 Å². The molecule has 4 rings (SSSR count). The highest BCUT2D eigenvalue weighted by atomic mass is 79.9. The number of hydrogen-bond acceptors (Lipinski definition) is 6. The number of amides is 1. The topological polar surface area (TPSA) is 68.2 Å². The van der Waals surface area contributed by atoms with Crippen LogP contribution in [-0.2, 0) is 4.79 Å². The van der Waals surface area contributed by atoms with E-state index in [9.17, 15) is 4.79 Å². The Morgan fingerprint density at radius 3 is 2.76 bits per heavy atom. The van der Waals surface area contributed by atoms with Crippen molar-refractivity contribution in [2.75, 3.05) is 10.7 Å². The van der Waals surface area contributed by atoms with E-state index in [-0.39, 0.29) is 5.91 Å². The molecule has 0 fully saturated rings. The monoisotopic (exact) mass is 470 g/mol. The molecule has 29 heavy (non-hydrogen) atoms. The van der Waals surface area contributed by atoms with Gasteiger partial charge in [-0.25, -0.2) is 0 Å². The molecule has 1 aromatic heterocycles. The molecule has 2 heterocycles. The van der Waals surface area contributed by atoms with Crippen LogP contribution in [0.4, 0.5) is 5.69 Å². The zero-order valence-corrected chi connectivity index (χ0v) is 18.6. The number of hydrogen-bond donors (Lipinski definition) is 0. The summed E-state index contributed by atoms with van der Waals surface area (Å²) in [4.78, 5) is 19.0. The first-order chi connectivity index (χ1) is 14.0. The fourth-order valence-corrected chi connectivity index (χ4v) is 4.27. The maximum Gasteiger partial charge on any atom is 0.247 e. The molecule has 0 unspecified atom stereocenters. The molecule has 0 radical (unpaired) electrons. The Hall–Kier alpha value is -2.45. The Balaban J connectivity index is 1.99. The highest BCUT2D eigenvalue weighted by Gasteiger charge is 2.35. The van der Waals surface area contributed by atoms with E-state index in [0.29, 0.717) is 16.7 Å². The van der Waals surface area contributed by atoms with Crippen LogP contribution < -0.4 is 9.64 Å². The van der Waals surface area contributed by atoms with Crippen LogP contribution in [0.2, 0.25) is 0 Å². The van der Waals surface area contributed by atoms with Crippen molar-refractivity contribution in [3.63, 3.8) is 0 Å². The first-order valence-corrected chi connectivity index (χ1v) is 11.0. The molecule has 1 atom stereocenters. The molecule has 8 heteroatoms. The molecule has 1 aliphatic rings. The lowest BCUT2D eigenvalue weighted by Crippen LogP contribution is -2.36. The van der Waals surface area contributed by atoms with Crippen molar-refractivity contribution >= 4 is 39.3 Å². The van der Waals surface area contributed by atoms with E-state index in [1.165, 1.54) is 18.7 Å². The Morgan fingerprint density at radius 2 is 2.03 bits per heavy atom. The Bertz CT molecular complexity index is 1090. The SMILES string of the molecule is CCSc1nnc2c(n1)O[C@@H](c1ccccc1Br)N(C(C)=O)c1ccc(C)cc1-2. The summed E-state index contributed by atoms with van der Waals surface area (Å²) in [6.07, 6.45) is -0.693. The van der Waals surface area contributed by atoms with Gasteiger partial charge in [-0.15, -0.1) is 10.2 Å². The number of anilines is 1. The minimum absolute atomic E-state index is 0.139. The average Bonchev–Trinajstić information content (AvgIpc) is 2.82. The second kappa shape index (κ2) is 8.12. The highest BCUT2D eigenvalue weighted by Crippen LogP contribution is 2.44. The summed E-state index contributed by atoms with van der Waals surface area (Å²) in [5.74, 6) is 1.05. The molecule has 6 nitrogen and oxygen atoms in total. The van der Waals surface area contributed by atoms with Gasteiger partial charge in [0.25, 0.3) is 0 Å². The van der Waals surface area contributed by atoms with Crippen LogP contribution in [0.15, 0.2) is 52.1 Å².